The highest BCUT2D eigenvalue weighted by Crippen LogP contribution is 2.16. The summed E-state index contributed by atoms with van der Waals surface area (Å²) in [7, 11) is 0. The third kappa shape index (κ3) is 2.41. The molecule has 0 aliphatic rings. The second-order valence-electron chi connectivity index (χ2n) is 3.16. The second kappa shape index (κ2) is 4.37. The van der Waals surface area contributed by atoms with Crippen LogP contribution in [0.4, 0.5) is 11.7 Å². The number of carbonyl (C=O) groups is 1. The van der Waals surface area contributed by atoms with Crippen LogP contribution in [-0.2, 0) is 0 Å². The lowest BCUT2D eigenvalue weighted by Gasteiger charge is -2.00. The molecule has 1 aromatic heterocycles. The van der Waals surface area contributed by atoms with Crippen molar-refractivity contribution >= 4 is 17.7 Å². The molecule has 0 saturated carbocycles. The number of rotatable bonds is 3. The largest absolute Gasteiger partial charge is 0.476 e. The Balaban J connectivity index is 2.19. The van der Waals surface area contributed by atoms with Crippen molar-refractivity contribution in [3.63, 3.8) is 0 Å². The van der Waals surface area contributed by atoms with Gasteiger partial charge in [-0.1, -0.05) is 6.07 Å². The fourth-order valence-corrected chi connectivity index (χ4v) is 1.22. The fourth-order valence-electron chi connectivity index (χ4n) is 1.22. The molecule has 0 spiro atoms. The molecule has 0 amide bonds. The number of carboxylic acids is 1. The molecule has 0 atom stereocenters. The molecule has 2 N–H and O–H groups in total. The minimum Gasteiger partial charge on any atom is -0.476 e. The summed E-state index contributed by atoms with van der Waals surface area (Å²) in [4.78, 5) is 14.3. The Kier molecular flexibility index (Phi) is 2.75. The van der Waals surface area contributed by atoms with E-state index in [0.29, 0.717) is 11.3 Å². The quantitative estimate of drug-likeness (QED) is 0.834. The van der Waals surface area contributed by atoms with E-state index in [4.69, 9.17) is 14.8 Å². The van der Waals surface area contributed by atoms with Gasteiger partial charge in [-0.25, -0.2) is 4.79 Å². The molecule has 0 bridgehead atoms. The number of benzene rings is 1. The Morgan fingerprint density at radius 3 is 3.00 bits per heavy atom. The van der Waals surface area contributed by atoms with Crippen LogP contribution >= 0.6 is 0 Å². The number of aromatic carboxylic acids is 1. The summed E-state index contributed by atoms with van der Waals surface area (Å²) in [5.41, 5.74) is 0.909. The van der Waals surface area contributed by atoms with Gasteiger partial charge in [-0.05, 0) is 18.2 Å². The Bertz CT molecular complexity index is 598. The number of oxazole rings is 1. The van der Waals surface area contributed by atoms with Gasteiger partial charge in [0.15, 0.2) is 5.69 Å². The van der Waals surface area contributed by atoms with Gasteiger partial charge in [-0.2, -0.15) is 10.2 Å². The van der Waals surface area contributed by atoms with Gasteiger partial charge in [-0.15, -0.1) is 0 Å². The van der Waals surface area contributed by atoms with Crippen molar-refractivity contribution in [2.75, 3.05) is 5.32 Å². The summed E-state index contributed by atoms with van der Waals surface area (Å²) < 4.78 is 4.92. The molecule has 2 aromatic rings. The molecule has 17 heavy (non-hydrogen) atoms. The topological polar surface area (TPSA) is 99.2 Å². The van der Waals surface area contributed by atoms with E-state index in [-0.39, 0.29) is 11.7 Å². The van der Waals surface area contributed by atoms with E-state index in [2.05, 4.69) is 10.3 Å². The van der Waals surface area contributed by atoms with Crippen molar-refractivity contribution in [3.05, 3.63) is 41.8 Å². The van der Waals surface area contributed by atoms with Crippen molar-refractivity contribution in [2.24, 2.45) is 0 Å². The van der Waals surface area contributed by atoms with Crippen molar-refractivity contribution < 1.29 is 14.3 Å². The highest BCUT2D eigenvalue weighted by atomic mass is 16.4. The van der Waals surface area contributed by atoms with Crippen LogP contribution in [0.25, 0.3) is 0 Å². The zero-order valence-electron chi connectivity index (χ0n) is 8.54. The average molecular weight is 229 g/mol. The second-order valence-corrected chi connectivity index (χ2v) is 3.16. The molecule has 0 fully saturated rings. The molecule has 0 aliphatic carbocycles. The first kappa shape index (κ1) is 10.7. The smallest absolute Gasteiger partial charge is 0.357 e. The van der Waals surface area contributed by atoms with Crippen molar-refractivity contribution in [1.82, 2.24) is 4.98 Å². The van der Waals surface area contributed by atoms with Crippen LogP contribution in [0, 0.1) is 11.3 Å². The summed E-state index contributed by atoms with van der Waals surface area (Å²) in [6, 6.07) is 8.73. The van der Waals surface area contributed by atoms with Gasteiger partial charge < -0.3 is 14.8 Å². The van der Waals surface area contributed by atoms with E-state index in [1.165, 1.54) is 0 Å². The number of hydrogen-bond acceptors (Lipinski definition) is 5. The van der Waals surface area contributed by atoms with Gasteiger partial charge in [0.2, 0.25) is 0 Å². The molecule has 6 nitrogen and oxygen atoms in total. The number of nitrogens with zero attached hydrogens (tertiary/aromatic N) is 2. The summed E-state index contributed by atoms with van der Waals surface area (Å²) >= 11 is 0. The minimum absolute atomic E-state index is 0.0671. The highest BCUT2D eigenvalue weighted by molar-refractivity contribution is 5.85. The predicted octanol–water partition coefficient (Wildman–Crippen LogP) is 1.99. The molecule has 0 saturated heterocycles. The maximum absolute atomic E-state index is 10.6. The van der Waals surface area contributed by atoms with E-state index in [1.807, 2.05) is 6.07 Å². The van der Waals surface area contributed by atoms with Gasteiger partial charge >= 0.3 is 5.97 Å². The molecule has 0 radical (unpaired) electrons. The Morgan fingerprint density at radius 1 is 1.53 bits per heavy atom. The van der Waals surface area contributed by atoms with Gasteiger partial charge in [-0.3, -0.25) is 0 Å². The molecule has 1 heterocycles. The third-order valence-corrected chi connectivity index (χ3v) is 1.97. The normalized spacial score (nSPS) is 9.59. The Hall–Kier alpha value is -2.81. The van der Waals surface area contributed by atoms with Gasteiger partial charge in [0, 0.05) is 5.69 Å². The molecule has 6 heteroatoms. The van der Waals surface area contributed by atoms with E-state index in [9.17, 15) is 4.79 Å². The van der Waals surface area contributed by atoms with Crippen LogP contribution in [0.5, 0.6) is 0 Å². The van der Waals surface area contributed by atoms with E-state index < -0.39 is 5.97 Å². The average Bonchev–Trinajstić information content (AvgIpc) is 2.78. The molecular formula is C11H7N3O3. The van der Waals surface area contributed by atoms with Gasteiger partial charge in [0.05, 0.1) is 11.6 Å². The van der Waals surface area contributed by atoms with Gasteiger partial charge in [0.1, 0.15) is 6.26 Å². The molecule has 84 valence electrons. The molecular weight excluding hydrogens is 222 g/mol. The van der Waals surface area contributed by atoms with Crippen molar-refractivity contribution in [2.45, 2.75) is 0 Å². The standard InChI is InChI=1S/C11H7N3O3/c12-5-7-2-1-3-8(4-7)13-11-14-9(6-17-11)10(15)16/h1-4,6H,(H,13,14)(H,15,16). The van der Waals surface area contributed by atoms with Crippen LogP contribution in [0.2, 0.25) is 0 Å². The number of carboxylic acid groups (broad SMARTS) is 1. The predicted molar refractivity (Wildman–Crippen MR) is 57.9 cm³/mol. The summed E-state index contributed by atoms with van der Waals surface area (Å²) in [6.45, 7) is 0. The lowest BCUT2D eigenvalue weighted by molar-refractivity contribution is 0.0690. The first-order valence-electron chi connectivity index (χ1n) is 4.65. The number of aromatic nitrogens is 1. The maximum Gasteiger partial charge on any atom is 0.357 e. The van der Waals surface area contributed by atoms with Crippen LogP contribution in [0.3, 0.4) is 0 Å². The van der Waals surface area contributed by atoms with Crippen LogP contribution < -0.4 is 5.32 Å². The number of anilines is 2. The first-order chi connectivity index (χ1) is 8.19. The lowest BCUT2D eigenvalue weighted by Crippen LogP contribution is -1.97. The monoisotopic (exact) mass is 229 g/mol. The summed E-state index contributed by atoms with van der Waals surface area (Å²) in [6.07, 6.45) is 1.04. The van der Waals surface area contributed by atoms with E-state index in [0.717, 1.165) is 6.26 Å². The van der Waals surface area contributed by atoms with E-state index in [1.54, 1.807) is 24.3 Å². The highest BCUT2D eigenvalue weighted by Gasteiger charge is 2.10. The van der Waals surface area contributed by atoms with Crippen LogP contribution in [-0.4, -0.2) is 16.1 Å². The minimum atomic E-state index is -1.16. The summed E-state index contributed by atoms with van der Waals surface area (Å²) in [5.74, 6) is -1.16. The first-order valence-corrected chi connectivity index (χ1v) is 4.65. The van der Waals surface area contributed by atoms with Crippen molar-refractivity contribution in [3.8, 4) is 6.07 Å². The SMILES string of the molecule is N#Cc1cccc(Nc2nc(C(=O)O)co2)c1. The maximum atomic E-state index is 10.6. The summed E-state index contributed by atoms with van der Waals surface area (Å²) in [5, 5.41) is 20.1. The van der Waals surface area contributed by atoms with Crippen LogP contribution in [0.1, 0.15) is 16.1 Å². The Labute approximate surface area is 96.1 Å². The lowest BCUT2D eigenvalue weighted by atomic mass is 10.2. The molecule has 2 rings (SSSR count). The molecule has 0 unspecified atom stereocenters. The number of nitriles is 1. The third-order valence-electron chi connectivity index (χ3n) is 1.97. The molecule has 0 aliphatic heterocycles. The zero-order chi connectivity index (χ0) is 12.3. The zero-order valence-corrected chi connectivity index (χ0v) is 8.54. The van der Waals surface area contributed by atoms with Gasteiger partial charge in [0.25, 0.3) is 6.01 Å². The number of hydrogen-bond donors (Lipinski definition) is 2. The Morgan fingerprint density at radius 2 is 2.35 bits per heavy atom. The van der Waals surface area contributed by atoms with E-state index >= 15 is 0 Å². The van der Waals surface area contributed by atoms with Crippen LogP contribution in [0.15, 0.2) is 34.9 Å². The molecule has 1 aromatic carbocycles. The van der Waals surface area contributed by atoms with Crippen molar-refractivity contribution in [1.29, 1.82) is 5.26 Å². The fraction of sp³-hybridized carbons (Fsp3) is 0. The number of nitrogens with one attached hydrogen (secondary N) is 1.